The van der Waals surface area contributed by atoms with E-state index in [2.05, 4.69) is 26.0 Å². The van der Waals surface area contributed by atoms with Gasteiger partial charge in [-0.2, -0.15) is 13.2 Å². The Morgan fingerprint density at radius 1 is 1.25 bits per heavy atom. The fourth-order valence-electron chi connectivity index (χ4n) is 1.51. The number of benzene rings is 1. The van der Waals surface area contributed by atoms with Gasteiger partial charge in [0.15, 0.2) is 0 Å². The summed E-state index contributed by atoms with van der Waals surface area (Å²) in [5.41, 5.74) is 1.11. The van der Waals surface area contributed by atoms with Gasteiger partial charge in [0.1, 0.15) is 12.4 Å². The van der Waals surface area contributed by atoms with E-state index >= 15 is 0 Å². The van der Waals surface area contributed by atoms with E-state index < -0.39 is 12.8 Å². The van der Waals surface area contributed by atoms with Crippen molar-refractivity contribution in [2.45, 2.75) is 19.1 Å². The van der Waals surface area contributed by atoms with E-state index in [0.717, 1.165) is 16.6 Å². The van der Waals surface area contributed by atoms with E-state index in [4.69, 9.17) is 4.74 Å². The van der Waals surface area contributed by atoms with Crippen molar-refractivity contribution >= 4 is 15.9 Å². The van der Waals surface area contributed by atoms with Gasteiger partial charge in [-0.1, -0.05) is 6.07 Å². The van der Waals surface area contributed by atoms with Crippen LogP contribution in [0.25, 0.3) is 0 Å². The molecular weight excluding hydrogens is 339 g/mol. The summed E-state index contributed by atoms with van der Waals surface area (Å²) < 4.78 is 46.2. The lowest BCUT2D eigenvalue weighted by molar-refractivity contribution is -0.174. The van der Waals surface area contributed by atoms with E-state index in [0.29, 0.717) is 18.8 Å². The standard InChI is InChI=1S/C13H17BrF3NO2/c1-18-8-10-3-4-12(11(14)7-10)20-6-2-5-19-9-13(15,16)17/h3-4,7,18H,2,5-6,8-9H2,1H3. The maximum absolute atomic E-state index is 11.8. The second kappa shape index (κ2) is 8.49. The van der Waals surface area contributed by atoms with E-state index in [1.165, 1.54) is 0 Å². The molecule has 1 aromatic carbocycles. The Kier molecular flexibility index (Phi) is 7.32. The number of nitrogens with one attached hydrogen (secondary N) is 1. The lowest BCUT2D eigenvalue weighted by Gasteiger charge is -2.10. The fraction of sp³-hybridized carbons (Fsp3) is 0.538. The summed E-state index contributed by atoms with van der Waals surface area (Å²) in [5.74, 6) is 0.667. The molecule has 0 saturated heterocycles. The van der Waals surface area contributed by atoms with Crippen LogP contribution in [-0.2, 0) is 11.3 Å². The van der Waals surface area contributed by atoms with Gasteiger partial charge in [0.2, 0.25) is 0 Å². The minimum atomic E-state index is -4.27. The number of alkyl halides is 3. The van der Waals surface area contributed by atoms with Gasteiger partial charge in [0.25, 0.3) is 0 Å². The van der Waals surface area contributed by atoms with Crippen LogP contribution in [0, 0.1) is 0 Å². The second-order valence-corrected chi connectivity index (χ2v) is 5.02. The summed E-state index contributed by atoms with van der Waals surface area (Å²) in [6.45, 7) is -0.129. The van der Waals surface area contributed by atoms with Crippen LogP contribution in [0.1, 0.15) is 12.0 Å². The van der Waals surface area contributed by atoms with Crippen molar-refractivity contribution in [2.24, 2.45) is 0 Å². The van der Waals surface area contributed by atoms with Crippen LogP contribution >= 0.6 is 15.9 Å². The molecule has 3 nitrogen and oxygen atoms in total. The third kappa shape index (κ3) is 7.12. The molecule has 0 saturated carbocycles. The van der Waals surface area contributed by atoms with Crippen molar-refractivity contribution in [3.05, 3.63) is 28.2 Å². The zero-order valence-electron chi connectivity index (χ0n) is 11.1. The Morgan fingerprint density at radius 3 is 2.60 bits per heavy atom. The zero-order chi connectivity index (χ0) is 15.0. The Morgan fingerprint density at radius 2 is 2.00 bits per heavy atom. The normalized spacial score (nSPS) is 11.7. The SMILES string of the molecule is CNCc1ccc(OCCCOCC(F)(F)F)c(Br)c1. The average Bonchev–Trinajstić information content (AvgIpc) is 2.35. The van der Waals surface area contributed by atoms with Gasteiger partial charge in [-0.25, -0.2) is 0 Å². The van der Waals surface area contributed by atoms with Gasteiger partial charge < -0.3 is 14.8 Å². The molecule has 0 bridgehead atoms. The lowest BCUT2D eigenvalue weighted by Crippen LogP contribution is -2.18. The van der Waals surface area contributed by atoms with Crippen molar-refractivity contribution in [1.82, 2.24) is 5.32 Å². The van der Waals surface area contributed by atoms with Crippen molar-refractivity contribution in [3.63, 3.8) is 0 Å². The number of halogens is 4. The first-order chi connectivity index (χ1) is 9.42. The molecule has 20 heavy (non-hydrogen) atoms. The van der Waals surface area contributed by atoms with Crippen molar-refractivity contribution in [3.8, 4) is 5.75 Å². The van der Waals surface area contributed by atoms with Gasteiger partial charge in [0, 0.05) is 13.0 Å². The third-order valence-corrected chi connectivity index (χ3v) is 2.95. The van der Waals surface area contributed by atoms with E-state index in [1.54, 1.807) is 0 Å². The fourth-order valence-corrected chi connectivity index (χ4v) is 2.05. The molecule has 0 aliphatic carbocycles. The van der Waals surface area contributed by atoms with Crippen molar-refractivity contribution < 1.29 is 22.6 Å². The van der Waals surface area contributed by atoms with Crippen LogP contribution < -0.4 is 10.1 Å². The monoisotopic (exact) mass is 355 g/mol. The molecule has 0 aliphatic heterocycles. The molecule has 0 aliphatic rings. The van der Waals surface area contributed by atoms with Gasteiger partial charge in [-0.05, 0) is 40.7 Å². The molecule has 0 heterocycles. The van der Waals surface area contributed by atoms with Crippen molar-refractivity contribution in [2.75, 3.05) is 26.9 Å². The van der Waals surface area contributed by atoms with Crippen LogP contribution in [0.3, 0.4) is 0 Å². The highest BCUT2D eigenvalue weighted by Crippen LogP contribution is 2.26. The maximum atomic E-state index is 11.8. The molecule has 1 rings (SSSR count). The minimum Gasteiger partial charge on any atom is -0.492 e. The maximum Gasteiger partial charge on any atom is 0.411 e. The molecule has 0 fully saturated rings. The van der Waals surface area contributed by atoms with Gasteiger partial charge in [-0.3, -0.25) is 0 Å². The number of rotatable bonds is 8. The smallest absolute Gasteiger partial charge is 0.411 e. The van der Waals surface area contributed by atoms with Crippen LogP contribution in [-0.4, -0.2) is 33.0 Å². The predicted molar refractivity (Wildman–Crippen MR) is 73.9 cm³/mol. The van der Waals surface area contributed by atoms with Crippen LogP contribution in [0.4, 0.5) is 13.2 Å². The predicted octanol–water partition coefficient (Wildman–Crippen LogP) is 3.52. The summed E-state index contributed by atoms with van der Waals surface area (Å²) in [4.78, 5) is 0. The first kappa shape index (κ1) is 17.3. The number of hydrogen-bond donors (Lipinski definition) is 1. The number of ether oxygens (including phenoxy) is 2. The molecule has 0 radical (unpaired) electrons. The van der Waals surface area contributed by atoms with Gasteiger partial charge in [0.05, 0.1) is 17.7 Å². The largest absolute Gasteiger partial charge is 0.492 e. The molecule has 7 heteroatoms. The average molecular weight is 356 g/mol. The molecule has 0 atom stereocenters. The summed E-state index contributed by atoms with van der Waals surface area (Å²) >= 11 is 3.39. The molecule has 0 amide bonds. The topological polar surface area (TPSA) is 30.5 Å². The summed E-state index contributed by atoms with van der Waals surface area (Å²) in [6, 6.07) is 5.69. The highest BCUT2D eigenvalue weighted by atomic mass is 79.9. The molecule has 1 N–H and O–H groups in total. The molecule has 1 aromatic rings. The Hall–Kier alpha value is -0.790. The summed E-state index contributed by atoms with van der Waals surface area (Å²) in [6.07, 6.45) is -3.87. The highest BCUT2D eigenvalue weighted by Gasteiger charge is 2.27. The van der Waals surface area contributed by atoms with E-state index in [9.17, 15) is 13.2 Å². The van der Waals surface area contributed by atoms with Crippen molar-refractivity contribution in [1.29, 1.82) is 0 Å². The third-order valence-electron chi connectivity index (χ3n) is 2.33. The molecule has 114 valence electrons. The molecule has 0 spiro atoms. The van der Waals surface area contributed by atoms with Crippen LogP contribution in [0.2, 0.25) is 0 Å². The summed E-state index contributed by atoms with van der Waals surface area (Å²) in [7, 11) is 1.86. The quantitative estimate of drug-likeness (QED) is 0.723. The first-order valence-electron chi connectivity index (χ1n) is 6.12. The van der Waals surface area contributed by atoms with Gasteiger partial charge in [-0.15, -0.1) is 0 Å². The highest BCUT2D eigenvalue weighted by molar-refractivity contribution is 9.10. The molecular formula is C13H17BrF3NO2. The lowest BCUT2D eigenvalue weighted by atomic mass is 10.2. The van der Waals surface area contributed by atoms with Gasteiger partial charge >= 0.3 is 6.18 Å². The minimum absolute atomic E-state index is 0.0228. The number of hydrogen-bond acceptors (Lipinski definition) is 3. The first-order valence-corrected chi connectivity index (χ1v) is 6.92. The summed E-state index contributed by atoms with van der Waals surface area (Å²) in [5, 5.41) is 3.04. The molecule has 0 unspecified atom stereocenters. The Bertz CT molecular complexity index is 413. The molecule has 0 aromatic heterocycles. The van der Waals surface area contributed by atoms with E-state index in [-0.39, 0.29) is 6.61 Å². The zero-order valence-corrected chi connectivity index (χ0v) is 12.7. The van der Waals surface area contributed by atoms with Crippen LogP contribution in [0.15, 0.2) is 22.7 Å². The second-order valence-electron chi connectivity index (χ2n) is 4.16. The van der Waals surface area contributed by atoms with Crippen LogP contribution in [0.5, 0.6) is 5.75 Å². The van der Waals surface area contributed by atoms with E-state index in [1.807, 2.05) is 25.2 Å². The Labute approximate surface area is 124 Å². The Balaban J connectivity index is 2.25.